The minimum absolute atomic E-state index is 0.0724. The molecule has 2 rings (SSSR count). The molecular formula is C13H16O5S. The van der Waals surface area contributed by atoms with Crippen LogP contribution < -0.4 is 4.74 Å². The van der Waals surface area contributed by atoms with Crippen LogP contribution in [0.2, 0.25) is 0 Å². The predicted molar refractivity (Wildman–Crippen MR) is 69.3 cm³/mol. The van der Waals surface area contributed by atoms with Gasteiger partial charge in [0.25, 0.3) is 0 Å². The summed E-state index contributed by atoms with van der Waals surface area (Å²) in [4.78, 5) is 11.8. The summed E-state index contributed by atoms with van der Waals surface area (Å²) >= 11 is 0. The molecule has 1 aromatic carbocycles. The minimum Gasteiger partial charge on any atom is -0.488 e. The molecule has 0 aromatic heterocycles. The van der Waals surface area contributed by atoms with Crippen LogP contribution in [0.15, 0.2) is 17.0 Å². The molecule has 19 heavy (non-hydrogen) atoms. The summed E-state index contributed by atoms with van der Waals surface area (Å²) in [7, 11) is -2.14. The lowest BCUT2D eigenvalue weighted by Crippen LogP contribution is -2.30. The Morgan fingerprint density at radius 3 is 2.74 bits per heavy atom. The van der Waals surface area contributed by atoms with Crippen LogP contribution in [0.25, 0.3) is 0 Å². The van der Waals surface area contributed by atoms with E-state index >= 15 is 0 Å². The molecule has 104 valence electrons. The van der Waals surface area contributed by atoms with Crippen LogP contribution in [0.5, 0.6) is 5.75 Å². The van der Waals surface area contributed by atoms with Gasteiger partial charge in [-0.1, -0.05) is 6.92 Å². The lowest BCUT2D eigenvalue weighted by Gasteiger charge is -2.24. The Balaban J connectivity index is 2.67. The summed E-state index contributed by atoms with van der Waals surface area (Å²) in [6, 6.07) is 2.98. The van der Waals surface area contributed by atoms with Crippen molar-refractivity contribution in [3.05, 3.63) is 23.3 Å². The van der Waals surface area contributed by atoms with Crippen molar-refractivity contribution in [1.29, 1.82) is 0 Å². The standard InChI is InChI=1S/C13H16O5S/c1-4-9-5-11-12(6-10(9)13(14)17-3)19(15,16)7-8(2)18-11/h5-6,8H,4,7H2,1-3H3. The van der Waals surface area contributed by atoms with E-state index in [0.717, 1.165) is 5.56 Å². The van der Waals surface area contributed by atoms with Gasteiger partial charge < -0.3 is 9.47 Å². The van der Waals surface area contributed by atoms with Crippen molar-refractivity contribution in [2.45, 2.75) is 31.3 Å². The first-order chi connectivity index (χ1) is 8.89. The molecule has 0 fully saturated rings. The second kappa shape index (κ2) is 4.85. The van der Waals surface area contributed by atoms with Crippen LogP contribution in [-0.2, 0) is 21.0 Å². The van der Waals surface area contributed by atoms with Crippen molar-refractivity contribution in [1.82, 2.24) is 0 Å². The molecule has 1 aromatic rings. The molecule has 1 heterocycles. The highest BCUT2D eigenvalue weighted by molar-refractivity contribution is 7.91. The molecule has 0 aliphatic carbocycles. The van der Waals surface area contributed by atoms with Gasteiger partial charge in [0, 0.05) is 0 Å². The number of hydrogen-bond donors (Lipinski definition) is 0. The number of rotatable bonds is 2. The number of benzene rings is 1. The highest BCUT2D eigenvalue weighted by Gasteiger charge is 2.31. The van der Waals surface area contributed by atoms with E-state index in [1.54, 1.807) is 13.0 Å². The number of carbonyl (C=O) groups is 1. The third-order valence-corrected chi connectivity index (χ3v) is 4.97. The van der Waals surface area contributed by atoms with Gasteiger partial charge in [-0.15, -0.1) is 0 Å². The summed E-state index contributed by atoms with van der Waals surface area (Å²) in [6.45, 7) is 3.59. The van der Waals surface area contributed by atoms with Gasteiger partial charge >= 0.3 is 5.97 Å². The third-order valence-electron chi connectivity index (χ3n) is 3.07. The lowest BCUT2D eigenvalue weighted by atomic mass is 10.0. The zero-order valence-electron chi connectivity index (χ0n) is 11.1. The van der Waals surface area contributed by atoms with Gasteiger partial charge in [0.05, 0.1) is 18.4 Å². The second-order valence-corrected chi connectivity index (χ2v) is 6.51. The fourth-order valence-electron chi connectivity index (χ4n) is 2.18. The summed E-state index contributed by atoms with van der Waals surface area (Å²) in [6.07, 6.45) is 0.210. The second-order valence-electron chi connectivity index (χ2n) is 4.51. The molecule has 0 spiro atoms. The molecule has 5 nitrogen and oxygen atoms in total. The monoisotopic (exact) mass is 284 g/mol. The molecule has 1 atom stereocenters. The van der Waals surface area contributed by atoms with E-state index in [2.05, 4.69) is 4.74 Å². The van der Waals surface area contributed by atoms with Crippen LogP contribution in [0.1, 0.15) is 29.8 Å². The Kier molecular flexibility index (Phi) is 3.54. The number of carbonyl (C=O) groups excluding carboxylic acids is 1. The first-order valence-corrected chi connectivity index (χ1v) is 7.69. The zero-order valence-corrected chi connectivity index (χ0v) is 11.9. The Hall–Kier alpha value is -1.56. The Morgan fingerprint density at radius 2 is 2.16 bits per heavy atom. The van der Waals surface area contributed by atoms with E-state index in [-0.39, 0.29) is 22.3 Å². The van der Waals surface area contributed by atoms with E-state index < -0.39 is 15.8 Å². The van der Waals surface area contributed by atoms with E-state index in [9.17, 15) is 13.2 Å². The van der Waals surface area contributed by atoms with Gasteiger partial charge in [0.15, 0.2) is 9.84 Å². The summed E-state index contributed by atoms with van der Waals surface area (Å²) < 4.78 is 34.5. The molecule has 0 saturated carbocycles. The SMILES string of the molecule is CCc1cc2c(cc1C(=O)OC)S(=O)(=O)CC(C)O2. The van der Waals surface area contributed by atoms with Crippen molar-refractivity contribution in [3.63, 3.8) is 0 Å². The molecule has 1 aliphatic heterocycles. The molecule has 6 heteroatoms. The largest absolute Gasteiger partial charge is 0.488 e. The lowest BCUT2D eigenvalue weighted by molar-refractivity contribution is 0.0599. The van der Waals surface area contributed by atoms with E-state index in [0.29, 0.717) is 12.2 Å². The molecule has 1 unspecified atom stereocenters. The number of fused-ring (bicyclic) bond motifs is 1. The number of hydrogen-bond acceptors (Lipinski definition) is 5. The highest BCUT2D eigenvalue weighted by Crippen LogP contribution is 2.34. The van der Waals surface area contributed by atoms with Gasteiger partial charge in [-0.25, -0.2) is 13.2 Å². The summed E-state index contributed by atoms with van der Waals surface area (Å²) in [5, 5.41) is 0. The first-order valence-electron chi connectivity index (χ1n) is 6.03. The topological polar surface area (TPSA) is 69.7 Å². The average Bonchev–Trinajstić information content (AvgIpc) is 2.35. The van der Waals surface area contributed by atoms with Gasteiger partial charge in [0.1, 0.15) is 16.7 Å². The van der Waals surface area contributed by atoms with Crippen molar-refractivity contribution >= 4 is 15.8 Å². The van der Waals surface area contributed by atoms with Gasteiger partial charge in [-0.3, -0.25) is 0 Å². The van der Waals surface area contributed by atoms with E-state index in [4.69, 9.17) is 4.74 Å². The van der Waals surface area contributed by atoms with Crippen LogP contribution in [0.4, 0.5) is 0 Å². The fraction of sp³-hybridized carbons (Fsp3) is 0.462. The summed E-state index contributed by atoms with van der Waals surface area (Å²) in [5.41, 5.74) is 1.00. The Morgan fingerprint density at radius 1 is 1.47 bits per heavy atom. The van der Waals surface area contributed by atoms with Crippen LogP contribution in [0.3, 0.4) is 0 Å². The normalized spacial score (nSPS) is 20.3. The fourth-order valence-corrected chi connectivity index (χ4v) is 3.76. The number of ether oxygens (including phenoxy) is 2. The Bertz CT molecular complexity index is 618. The van der Waals surface area contributed by atoms with Gasteiger partial charge in [-0.2, -0.15) is 0 Å². The maximum atomic E-state index is 12.1. The minimum atomic E-state index is -3.41. The molecule has 1 aliphatic rings. The van der Waals surface area contributed by atoms with Crippen molar-refractivity contribution in [2.24, 2.45) is 0 Å². The van der Waals surface area contributed by atoms with Crippen LogP contribution in [0, 0.1) is 0 Å². The zero-order chi connectivity index (χ0) is 14.2. The maximum absolute atomic E-state index is 12.1. The van der Waals surface area contributed by atoms with E-state index in [1.165, 1.54) is 13.2 Å². The molecule has 0 saturated heterocycles. The molecule has 0 amide bonds. The highest BCUT2D eigenvalue weighted by atomic mass is 32.2. The molecule has 0 N–H and O–H groups in total. The molecule has 0 radical (unpaired) electrons. The number of methoxy groups -OCH3 is 1. The van der Waals surface area contributed by atoms with Gasteiger partial charge in [-0.05, 0) is 31.0 Å². The summed E-state index contributed by atoms with van der Waals surface area (Å²) in [5.74, 6) is -0.289. The Labute approximate surface area is 112 Å². The predicted octanol–water partition coefficient (Wildman–Crippen LogP) is 1.59. The third kappa shape index (κ3) is 2.45. The maximum Gasteiger partial charge on any atom is 0.338 e. The average molecular weight is 284 g/mol. The first kappa shape index (κ1) is 13.9. The number of sulfone groups is 1. The van der Waals surface area contributed by atoms with E-state index in [1.807, 2.05) is 6.92 Å². The number of esters is 1. The molecule has 0 bridgehead atoms. The smallest absolute Gasteiger partial charge is 0.338 e. The van der Waals surface area contributed by atoms with Crippen molar-refractivity contribution < 1.29 is 22.7 Å². The molecular weight excluding hydrogens is 268 g/mol. The number of aryl methyl sites for hydroxylation is 1. The van der Waals surface area contributed by atoms with Gasteiger partial charge in [0.2, 0.25) is 0 Å². The van der Waals surface area contributed by atoms with Crippen LogP contribution in [-0.4, -0.2) is 33.4 Å². The van der Waals surface area contributed by atoms with Crippen LogP contribution >= 0.6 is 0 Å². The van der Waals surface area contributed by atoms with Crippen molar-refractivity contribution in [2.75, 3.05) is 12.9 Å². The quantitative estimate of drug-likeness (QED) is 0.771. The van der Waals surface area contributed by atoms with Crippen molar-refractivity contribution in [3.8, 4) is 5.75 Å².